The van der Waals surface area contributed by atoms with Crippen LogP contribution in [-0.2, 0) is 4.74 Å². The number of amides is 1. The van der Waals surface area contributed by atoms with E-state index in [2.05, 4.69) is 51.4 Å². The highest BCUT2D eigenvalue weighted by Gasteiger charge is 2.19. The van der Waals surface area contributed by atoms with Crippen molar-refractivity contribution in [3.05, 3.63) is 72.4 Å². The molecule has 2 fully saturated rings. The van der Waals surface area contributed by atoms with Crippen LogP contribution in [0.3, 0.4) is 0 Å². The van der Waals surface area contributed by atoms with Gasteiger partial charge in [-0.25, -0.2) is 9.50 Å². The van der Waals surface area contributed by atoms with Crippen molar-refractivity contribution in [2.24, 2.45) is 0 Å². The van der Waals surface area contributed by atoms with Gasteiger partial charge in [0.15, 0.2) is 0 Å². The molecule has 1 N–H and O–H groups in total. The number of nitrogens with zero attached hydrogens (tertiary/aromatic N) is 6. The number of carbonyl (C=O) groups is 1. The van der Waals surface area contributed by atoms with Gasteiger partial charge in [0.05, 0.1) is 30.6 Å². The molecule has 0 saturated carbocycles. The summed E-state index contributed by atoms with van der Waals surface area (Å²) >= 11 is 0. The molecule has 2 aliphatic rings. The molecule has 37 heavy (non-hydrogen) atoms. The predicted molar refractivity (Wildman–Crippen MR) is 145 cm³/mol. The molecule has 6 rings (SSSR count). The summed E-state index contributed by atoms with van der Waals surface area (Å²) in [5.74, 6) is 0.568. The van der Waals surface area contributed by atoms with Crippen molar-refractivity contribution < 1.29 is 9.53 Å². The second-order valence-corrected chi connectivity index (χ2v) is 9.58. The van der Waals surface area contributed by atoms with Crippen LogP contribution in [0, 0.1) is 0 Å². The van der Waals surface area contributed by atoms with Crippen LogP contribution in [0.15, 0.2) is 66.9 Å². The molecule has 4 heterocycles. The number of benzene rings is 2. The SMILES string of the molecule is CN1CCN(c2ccc(Nc3ncc4ccc(-c5ccc(C(=O)N6CCOCC6)cc5)n4n3)cc2)CC1. The van der Waals surface area contributed by atoms with Crippen molar-refractivity contribution in [2.45, 2.75) is 0 Å². The zero-order valence-electron chi connectivity index (χ0n) is 21.0. The summed E-state index contributed by atoms with van der Waals surface area (Å²) in [5.41, 5.74) is 5.69. The third-order valence-corrected chi connectivity index (χ3v) is 7.12. The van der Waals surface area contributed by atoms with Crippen LogP contribution in [0.4, 0.5) is 17.3 Å². The fraction of sp³-hybridized carbons (Fsp3) is 0.321. The lowest BCUT2D eigenvalue weighted by Gasteiger charge is -2.34. The molecule has 0 bridgehead atoms. The number of piperazine rings is 1. The zero-order valence-corrected chi connectivity index (χ0v) is 21.0. The highest BCUT2D eigenvalue weighted by molar-refractivity contribution is 5.94. The number of rotatable bonds is 5. The highest BCUT2D eigenvalue weighted by atomic mass is 16.5. The van der Waals surface area contributed by atoms with Gasteiger partial charge in [-0.3, -0.25) is 4.79 Å². The summed E-state index contributed by atoms with van der Waals surface area (Å²) in [6, 6.07) is 20.2. The van der Waals surface area contributed by atoms with Crippen LogP contribution in [0.5, 0.6) is 0 Å². The van der Waals surface area contributed by atoms with E-state index in [0.717, 1.165) is 48.6 Å². The monoisotopic (exact) mass is 497 g/mol. The number of likely N-dealkylation sites (N-methyl/N-ethyl adjacent to an activating group) is 1. The van der Waals surface area contributed by atoms with Gasteiger partial charge in [0.2, 0.25) is 5.95 Å². The number of aromatic nitrogens is 3. The molecule has 2 aromatic carbocycles. The average molecular weight is 498 g/mol. The van der Waals surface area contributed by atoms with Crippen molar-refractivity contribution in [3.63, 3.8) is 0 Å². The Morgan fingerprint density at radius 3 is 2.32 bits per heavy atom. The van der Waals surface area contributed by atoms with Crippen LogP contribution in [0.25, 0.3) is 16.8 Å². The third-order valence-electron chi connectivity index (χ3n) is 7.12. The smallest absolute Gasteiger partial charge is 0.254 e. The molecule has 2 saturated heterocycles. The van der Waals surface area contributed by atoms with Gasteiger partial charge in [0.1, 0.15) is 0 Å². The first-order valence-electron chi connectivity index (χ1n) is 12.8. The van der Waals surface area contributed by atoms with Gasteiger partial charge >= 0.3 is 0 Å². The molecule has 4 aromatic rings. The van der Waals surface area contributed by atoms with E-state index in [1.165, 1.54) is 5.69 Å². The van der Waals surface area contributed by atoms with Gasteiger partial charge in [-0.05, 0) is 55.6 Å². The number of hydrogen-bond donors (Lipinski definition) is 1. The van der Waals surface area contributed by atoms with E-state index in [0.29, 0.717) is 37.8 Å². The quantitative estimate of drug-likeness (QED) is 0.453. The molecule has 0 aliphatic carbocycles. The van der Waals surface area contributed by atoms with E-state index in [1.807, 2.05) is 52.0 Å². The number of fused-ring (bicyclic) bond motifs is 1. The Morgan fingerprint density at radius 2 is 1.59 bits per heavy atom. The first kappa shape index (κ1) is 23.4. The Hall–Kier alpha value is -3.95. The molecule has 0 unspecified atom stereocenters. The second kappa shape index (κ2) is 10.2. The molecule has 190 valence electrons. The number of nitrogens with one attached hydrogen (secondary N) is 1. The Labute approximate surface area is 216 Å². The number of carbonyl (C=O) groups excluding carboxylic acids is 1. The lowest BCUT2D eigenvalue weighted by atomic mass is 10.1. The largest absolute Gasteiger partial charge is 0.378 e. The van der Waals surface area contributed by atoms with Crippen molar-refractivity contribution in [3.8, 4) is 11.3 Å². The van der Waals surface area contributed by atoms with E-state index < -0.39 is 0 Å². The number of morpholine rings is 1. The molecule has 0 spiro atoms. The van der Waals surface area contributed by atoms with Gasteiger partial charge in [-0.1, -0.05) is 12.1 Å². The maximum absolute atomic E-state index is 12.8. The van der Waals surface area contributed by atoms with Crippen molar-refractivity contribution in [2.75, 3.05) is 69.7 Å². The summed E-state index contributed by atoms with van der Waals surface area (Å²) in [6.07, 6.45) is 1.81. The first-order chi connectivity index (χ1) is 18.1. The third kappa shape index (κ3) is 5.00. The van der Waals surface area contributed by atoms with Crippen LogP contribution < -0.4 is 10.2 Å². The Balaban J connectivity index is 1.18. The summed E-state index contributed by atoms with van der Waals surface area (Å²) in [4.78, 5) is 23.9. The Morgan fingerprint density at radius 1 is 0.865 bits per heavy atom. The molecule has 9 heteroatoms. The van der Waals surface area contributed by atoms with Gasteiger partial charge in [-0.15, -0.1) is 5.10 Å². The van der Waals surface area contributed by atoms with Gasteiger partial charge in [0.25, 0.3) is 5.91 Å². The first-order valence-corrected chi connectivity index (χ1v) is 12.8. The van der Waals surface area contributed by atoms with E-state index in [4.69, 9.17) is 9.84 Å². The number of hydrogen-bond acceptors (Lipinski definition) is 7. The highest BCUT2D eigenvalue weighted by Crippen LogP contribution is 2.25. The molecule has 0 radical (unpaired) electrons. The Kier molecular flexibility index (Phi) is 6.46. The summed E-state index contributed by atoms with van der Waals surface area (Å²) in [5, 5.41) is 8.08. The minimum Gasteiger partial charge on any atom is -0.378 e. The lowest BCUT2D eigenvalue weighted by Crippen LogP contribution is -2.44. The minimum absolute atomic E-state index is 0.0438. The van der Waals surface area contributed by atoms with Crippen LogP contribution in [0.1, 0.15) is 10.4 Å². The summed E-state index contributed by atoms with van der Waals surface area (Å²) in [7, 11) is 2.17. The number of ether oxygens (including phenoxy) is 1. The molecule has 2 aliphatic heterocycles. The second-order valence-electron chi connectivity index (χ2n) is 9.58. The van der Waals surface area contributed by atoms with E-state index in [9.17, 15) is 4.79 Å². The van der Waals surface area contributed by atoms with Crippen molar-refractivity contribution in [1.29, 1.82) is 0 Å². The van der Waals surface area contributed by atoms with E-state index in [1.54, 1.807) is 0 Å². The maximum Gasteiger partial charge on any atom is 0.254 e. The molecule has 1 amide bonds. The summed E-state index contributed by atoms with van der Waals surface area (Å²) in [6.45, 7) is 6.71. The topological polar surface area (TPSA) is 78.2 Å². The van der Waals surface area contributed by atoms with Crippen molar-refractivity contribution in [1.82, 2.24) is 24.4 Å². The average Bonchev–Trinajstić information content (AvgIpc) is 3.37. The fourth-order valence-electron chi connectivity index (χ4n) is 4.86. The molecule has 0 atom stereocenters. The number of anilines is 3. The van der Waals surface area contributed by atoms with Crippen molar-refractivity contribution >= 4 is 28.7 Å². The van der Waals surface area contributed by atoms with Crippen LogP contribution in [-0.4, -0.2) is 89.8 Å². The summed E-state index contributed by atoms with van der Waals surface area (Å²) < 4.78 is 7.24. The lowest BCUT2D eigenvalue weighted by molar-refractivity contribution is 0.0303. The molecular weight excluding hydrogens is 466 g/mol. The van der Waals surface area contributed by atoms with Crippen LogP contribution >= 0.6 is 0 Å². The molecular formula is C28H31N7O2. The maximum atomic E-state index is 12.8. The van der Waals surface area contributed by atoms with E-state index in [-0.39, 0.29) is 5.91 Å². The van der Waals surface area contributed by atoms with Gasteiger partial charge in [0, 0.05) is 61.8 Å². The normalized spacial score (nSPS) is 16.8. The molecule has 2 aromatic heterocycles. The fourth-order valence-corrected chi connectivity index (χ4v) is 4.86. The minimum atomic E-state index is 0.0438. The zero-order chi connectivity index (χ0) is 25.2. The van der Waals surface area contributed by atoms with E-state index >= 15 is 0 Å². The predicted octanol–water partition coefficient (Wildman–Crippen LogP) is 3.36. The van der Waals surface area contributed by atoms with Crippen LogP contribution in [0.2, 0.25) is 0 Å². The molecule has 9 nitrogen and oxygen atoms in total. The van der Waals surface area contributed by atoms with Gasteiger partial charge < -0.3 is 24.8 Å². The Bertz CT molecular complexity index is 1370. The standard InChI is InChI=1S/C28H31N7O2/c1-32-12-14-33(15-13-32)24-8-6-23(7-9-24)30-28-29-20-25-10-11-26(35(25)31-28)21-2-4-22(5-3-21)27(36)34-16-18-37-19-17-34/h2-11,20H,12-19H2,1H3,(H,30,31). The van der Waals surface area contributed by atoms with Gasteiger partial charge in [-0.2, -0.15) is 0 Å².